The number of hydrogen-bond acceptors (Lipinski definition) is 0. The summed E-state index contributed by atoms with van der Waals surface area (Å²) in [4.78, 5) is 0. The smallest absolute Gasteiger partial charge is 0.112 e. The molecule has 8 aromatic carbocycles. The van der Waals surface area contributed by atoms with Gasteiger partial charge in [-0.05, 0) is 327 Å². The number of benzene rings is 8. The largest absolute Gasteiger partial charge is 0.140 e. The highest BCUT2D eigenvalue weighted by Crippen LogP contribution is 2.54. The Morgan fingerprint density at radius 2 is 0.778 bits per heavy atom. The van der Waals surface area contributed by atoms with Crippen molar-refractivity contribution < 1.29 is 0 Å². The van der Waals surface area contributed by atoms with Crippen LogP contribution in [0.3, 0.4) is 0 Å². The third-order valence-corrected chi connectivity index (χ3v) is 22.9. The zero-order valence-corrected chi connectivity index (χ0v) is 65.3. The fourth-order valence-corrected chi connectivity index (χ4v) is 17.6. The summed E-state index contributed by atoms with van der Waals surface area (Å²) in [5.41, 5.74) is 32.0. The first-order valence-electron chi connectivity index (χ1n) is 35.9. The van der Waals surface area contributed by atoms with Gasteiger partial charge in [0.1, 0.15) is 7.85 Å². The molecule has 0 aliphatic rings. The van der Waals surface area contributed by atoms with E-state index in [4.69, 9.17) is 12.8 Å². The zero-order valence-electron chi connectivity index (χ0n) is 65.3. The molecule has 0 saturated carbocycles. The lowest BCUT2D eigenvalue weighted by molar-refractivity contribution is 1.24. The van der Waals surface area contributed by atoms with Crippen molar-refractivity contribution in [3.63, 3.8) is 0 Å². The summed E-state index contributed by atoms with van der Waals surface area (Å²) in [6.45, 7) is 39.5. The highest BCUT2D eigenvalue weighted by Gasteiger charge is 2.42. The summed E-state index contributed by atoms with van der Waals surface area (Å²) in [6, 6.07) is 2.21. The molecule has 22 heteroatoms. The lowest BCUT2D eigenvalue weighted by Gasteiger charge is -2.39. The topological polar surface area (TPSA) is 0 Å². The minimum absolute atomic E-state index is 0.306. The van der Waals surface area contributed by atoms with Gasteiger partial charge < -0.3 is 0 Å². The molecule has 0 atom stereocenters. The van der Waals surface area contributed by atoms with Crippen LogP contribution < -0.4 is 21.9 Å². The molecule has 0 aromatic heterocycles. The van der Waals surface area contributed by atoms with Crippen LogP contribution in [-0.4, -0.2) is 158 Å². The zero-order chi connectivity index (χ0) is 73.2. The Balaban J connectivity index is 1.93. The monoisotopic (exact) mass is 1250 g/mol. The molecule has 0 aliphatic carbocycles. The molecule has 8 aromatic rings. The lowest BCUT2D eigenvalue weighted by atomic mass is 8.66. The molecular weight excluding hydrogens is 1160 g/mol. The van der Waals surface area contributed by atoms with E-state index < -0.39 is 0 Å². The van der Waals surface area contributed by atoms with Crippen LogP contribution in [-0.2, 0) is 0 Å². The van der Waals surface area contributed by atoms with E-state index in [-0.39, 0.29) is 0 Å². The number of rotatable bonds is 12. The third-order valence-electron chi connectivity index (χ3n) is 22.9. The maximum Gasteiger partial charge on any atom is 0.140 e. The minimum atomic E-state index is 0.306. The summed E-state index contributed by atoms with van der Waals surface area (Å²) in [5, 5.41) is 11.7. The number of terminal acetylenes is 2. The first-order valence-corrected chi connectivity index (χ1v) is 35.9. The Morgan fingerprint density at radius 3 is 1.33 bits per heavy atom. The summed E-state index contributed by atoms with van der Waals surface area (Å²) in [7, 11) is 32.0. The van der Waals surface area contributed by atoms with Crippen LogP contribution in [0.15, 0.2) is 6.07 Å². The van der Waals surface area contributed by atoms with E-state index in [0.717, 1.165) is 74.6 Å². The highest BCUT2D eigenvalue weighted by molar-refractivity contribution is 7.89. The van der Waals surface area contributed by atoms with Gasteiger partial charge in [-0.1, -0.05) is 63.5 Å². The van der Waals surface area contributed by atoms with E-state index in [9.17, 15) is 0 Å². The van der Waals surface area contributed by atoms with E-state index in [2.05, 4.69) is 314 Å². The van der Waals surface area contributed by atoms with Crippen LogP contribution in [0.1, 0.15) is 126 Å². The van der Waals surface area contributed by atoms with Crippen LogP contribution in [0.2, 0.25) is 0 Å². The highest BCUT2D eigenvalue weighted by atomic mass is 14.3. The molecular formula is C77H80B22. The number of aryl methyl sites for hydroxylation is 7. The van der Waals surface area contributed by atoms with Crippen molar-refractivity contribution in [1.29, 1.82) is 0 Å². The van der Waals surface area contributed by atoms with Gasteiger partial charge in [-0.15, -0.1) is 29.7 Å². The second-order valence-electron chi connectivity index (χ2n) is 29.3. The van der Waals surface area contributed by atoms with Gasteiger partial charge in [-0.2, -0.15) is 0 Å². The van der Waals surface area contributed by atoms with E-state index in [1.54, 1.807) is 30.2 Å². The van der Waals surface area contributed by atoms with E-state index in [1.165, 1.54) is 110 Å². The Kier molecular flexibility index (Phi) is 24.3. The van der Waals surface area contributed by atoms with Crippen LogP contribution >= 0.6 is 0 Å². The SMILES string of the molecule is BBB(B)B(B(B)B)c1c(B(B(B)B)B(B)B)c(B(BB)B(B)B)c(C)c2c(-c3c4c(C)c(C)c(C)c(C)c4c(C)c4c(-c5c(C)c6c(C)c(C)c(C#CC)c(C#CC#C)c6c6c(C#CC#CC)c(C#CC#CC#C)c(C#CC#CC#CC)cc56)c(C)c(C)c(C)c34)c(C)c(C)c(B)c12. The van der Waals surface area contributed by atoms with Gasteiger partial charge in [-0.3, -0.25) is 0 Å². The molecule has 0 amide bonds. The standard InChI is InChI=1S/C77H80B22/c1-20-25-29-31-33-36-55-40-60-63(52(17)62-49(14)44(9)56(35-24-5)58(37-28-23-4)71(62)70(60)59(39-32-27-22-3)57(55)38-34-30-26-21-2)65-47(12)43(8)48(13)66-68(65)53(18)61-45(10)41(6)42(7)46(11)64(61)72(66)67-50(15)51(16)74(78)73-69(67)54(19)75(92(90-79)95(81)82)77(93(96(83)84)97(85)86)76(73)94(98(87)88)99(89)91-80/h2,4,40,90-91H,78-89H2,1,3,5-19H3. The van der Waals surface area contributed by atoms with Gasteiger partial charge in [0.05, 0.1) is 123 Å². The van der Waals surface area contributed by atoms with Crippen LogP contribution in [0.4, 0.5) is 0 Å². The van der Waals surface area contributed by atoms with Gasteiger partial charge in [0.15, 0.2) is 0 Å². The van der Waals surface area contributed by atoms with Crippen LogP contribution in [0.25, 0.3) is 76.1 Å². The number of fused-ring (bicyclic) bond motifs is 6. The summed E-state index contributed by atoms with van der Waals surface area (Å²) >= 11 is 0. The fourth-order valence-electron chi connectivity index (χ4n) is 17.6. The second-order valence-corrected chi connectivity index (χ2v) is 29.3. The molecule has 0 saturated heterocycles. The van der Waals surface area contributed by atoms with Gasteiger partial charge >= 0.3 is 0 Å². The molecule has 0 unspecified atom stereocenters. The molecule has 0 fully saturated rings. The Labute approximate surface area is 612 Å². The predicted octanol–water partition coefficient (Wildman–Crippen LogP) is -2.44. The van der Waals surface area contributed by atoms with Gasteiger partial charge in [0.25, 0.3) is 0 Å². The fraction of sp³-hybridized carbons (Fsp3) is 0.221. The Bertz CT molecular complexity index is 5580. The molecule has 454 valence electrons. The molecule has 0 N–H and O–H groups in total. The van der Waals surface area contributed by atoms with Crippen molar-refractivity contribution in [2.24, 2.45) is 0 Å². The van der Waals surface area contributed by atoms with E-state index in [0.29, 0.717) is 68.1 Å². The number of hydrogen-bond donors (Lipinski definition) is 0. The van der Waals surface area contributed by atoms with Gasteiger partial charge in [-0.25, -0.2) is 0 Å². The Hall–Kier alpha value is -8.35. The molecule has 0 heterocycles. The Morgan fingerprint density at radius 1 is 0.323 bits per heavy atom. The van der Waals surface area contributed by atoms with Crippen LogP contribution in [0, 0.1) is 228 Å². The molecule has 99 heavy (non-hydrogen) atoms. The van der Waals surface area contributed by atoms with Gasteiger partial charge in [0.2, 0.25) is 0 Å². The van der Waals surface area contributed by atoms with Crippen molar-refractivity contribution >= 4 is 234 Å². The minimum Gasteiger partial charge on any atom is -0.112 e. The summed E-state index contributed by atoms with van der Waals surface area (Å²) in [6.07, 6.45) is 13.9. The van der Waals surface area contributed by atoms with E-state index in [1.807, 2.05) is 6.92 Å². The molecule has 8 rings (SSSR count). The third kappa shape index (κ3) is 13.2. The average Bonchev–Trinajstić information content (AvgIpc) is 0.683. The lowest BCUT2D eigenvalue weighted by Crippen LogP contribution is -2.77. The molecule has 0 aliphatic heterocycles. The molecule has 0 nitrogen and oxygen atoms in total. The first-order chi connectivity index (χ1) is 47.0. The van der Waals surface area contributed by atoms with Crippen molar-refractivity contribution in [3.8, 4) is 154 Å². The van der Waals surface area contributed by atoms with Crippen molar-refractivity contribution in [3.05, 3.63) is 112 Å². The van der Waals surface area contributed by atoms with E-state index >= 15 is 0 Å². The maximum absolute atomic E-state index is 6.12. The predicted molar refractivity (Wildman–Crippen MR) is 493 cm³/mol. The average molecular weight is 1240 g/mol. The van der Waals surface area contributed by atoms with Crippen molar-refractivity contribution in [2.45, 2.75) is 118 Å². The maximum atomic E-state index is 6.12. The van der Waals surface area contributed by atoms with Crippen LogP contribution in [0.5, 0.6) is 0 Å². The first kappa shape index (κ1) is 76.4. The molecule has 0 bridgehead atoms. The summed E-state index contributed by atoms with van der Waals surface area (Å²) in [5.74, 6) is 62.0. The quantitative estimate of drug-likeness (QED) is 0.0554. The van der Waals surface area contributed by atoms with Crippen molar-refractivity contribution in [1.82, 2.24) is 0 Å². The van der Waals surface area contributed by atoms with Crippen molar-refractivity contribution in [2.75, 3.05) is 0 Å². The normalized spacial score (nSPS) is 10.0. The molecule has 0 radical (unpaired) electrons. The summed E-state index contributed by atoms with van der Waals surface area (Å²) < 4.78 is 0. The second kappa shape index (κ2) is 31.5. The van der Waals surface area contributed by atoms with Gasteiger partial charge in [0, 0.05) is 66.4 Å². The molecule has 0 spiro atoms.